The molecule has 122 valence electrons. The van der Waals surface area contributed by atoms with E-state index in [9.17, 15) is 4.79 Å². The van der Waals surface area contributed by atoms with Gasteiger partial charge in [-0.25, -0.2) is 0 Å². The van der Waals surface area contributed by atoms with Crippen LogP contribution in [-0.4, -0.2) is 37.7 Å². The van der Waals surface area contributed by atoms with Gasteiger partial charge in [-0.3, -0.25) is 4.79 Å². The van der Waals surface area contributed by atoms with Crippen LogP contribution in [0.1, 0.15) is 18.5 Å². The number of carbonyl (C=O) groups is 1. The molecule has 0 spiro atoms. The van der Waals surface area contributed by atoms with Crippen LogP contribution >= 0.6 is 0 Å². The molecule has 23 heavy (non-hydrogen) atoms. The zero-order valence-electron chi connectivity index (χ0n) is 13.3. The van der Waals surface area contributed by atoms with Crippen molar-refractivity contribution in [3.63, 3.8) is 0 Å². The van der Waals surface area contributed by atoms with Crippen LogP contribution in [0.2, 0.25) is 0 Å². The van der Waals surface area contributed by atoms with Crippen molar-refractivity contribution in [2.45, 2.75) is 25.1 Å². The van der Waals surface area contributed by atoms with Crippen LogP contribution in [0.15, 0.2) is 42.5 Å². The molecule has 3 rings (SSSR count). The van der Waals surface area contributed by atoms with Crippen LogP contribution < -0.4 is 16.4 Å². The van der Waals surface area contributed by atoms with E-state index in [1.54, 1.807) is 0 Å². The average molecular weight is 313 g/mol. The van der Waals surface area contributed by atoms with Gasteiger partial charge >= 0.3 is 0 Å². The summed E-state index contributed by atoms with van der Waals surface area (Å²) in [5.41, 5.74) is 6.91. The number of morpholine rings is 1. The summed E-state index contributed by atoms with van der Waals surface area (Å²) in [5, 5.41) is 8.56. The van der Waals surface area contributed by atoms with Gasteiger partial charge < -0.3 is 21.1 Å². The Morgan fingerprint density at radius 1 is 1.35 bits per heavy atom. The van der Waals surface area contributed by atoms with Gasteiger partial charge in [-0.1, -0.05) is 36.4 Å². The van der Waals surface area contributed by atoms with Gasteiger partial charge in [-0.2, -0.15) is 0 Å². The quantitative estimate of drug-likeness (QED) is 0.796. The largest absolute Gasteiger partial charge is 0.375 e. The molecule has 0 bridgehead atoms. The van der Waals surface area contributed by atoms with E-state index in [4.69, 9.17) is 10.5 Å². The summed E-state index contributed by atoms with van der Waals surface area (Å²) in [6.45, 7) is 3.58. The summed E-state index contributed by atoms with van der Waals surface area (Å²) >= 11 is 0. The van der Waals surface area contributed by atoms with Gasteiger partial charge in [0, 0.05) is 13.1 Å². The SMILES string of the molecule is C[C@H]1OCCN[C@@H]1C(=O)NC(CN)c1ccc2ccccc2c1. The molecule has 1 heterocycles. The van der Waals surface area contributed by atoms with Crippen molar-refractivity contribution in [1.82, 2.24) is 10.6 Å². The molecule has 1 saturated heterocycles. The third-order valence-corrected chi connectivity index (χ3v) is 4.33. The van der Waals surface area contributed by atoms with E-state index in [1.165, 1.54) is 5.39 Å². The van der Waals surface area contributed by atoms with Gasteiger partial charge in [0.05, 0.1) is 18.8 Å². The lowest BCUT2D eigenvalue weighted by Gasteiger charge is -2.30. The third kappa shape index (κ3) is 3.52. The van der Waals surface area contributed by atoms with E-state index in [-0.39, 0.29) is 24.1 Å². The second kappa shape index (κ2) is 7.08. The molecule has 4 N–H and O–H groups in total. The molecule has 2 aromatic carbocycles. The van der Waals surface area contributed by atoms with Crippen molar-refractivity contribution in [1.29, 1.82) is 0 Å². The predicted molar refractivity (Wildman–Crippen MR) is 91.1 cm³/mol. The number of nitrogens with one attached hydrogen (secondary N) is 2. The van der Waals surface area contributed by atoms with E-state index in [1.807, 2.05) is 25.1 Å². The highest BCUT2D eigenvalue weighted by Crippen LogP contribution is 2.20. The summed E-state index contributed by atoms with van der Waals surface area (Å²) < 4.78 is 5.54. The predicted octanol–water partition coefficient (Wildman–Crippen LogP) is 1.33. The van der Waals surface area contributed by atoms with E-state index in [0.717, 1.165) is 10.9 Å². The lowest BCUT2D eigenvalue weighted by Crippen LogP contribution is -2.56. The Bertz CT molecular complexity index is 689. The number of fused-ring (bicyclic) bond motifs is 1. The number of hydrogen-bond donors (Lipinski definition) is 3. The number of nitrogens with two attached hydrogens (primary N) is 1. The fourth-order valence-corrected chi connectivity index (χ4v) is 2.99. The van der Waals surface area contributed by atoms with Gasteiger partial charge in [0.25, 0.3) is 0 Å². The van der Waals surface area contributed by atoms with Crippen molar-refractivity contribution in [2.75, 3.05) is 19.7 Å². The average Bonchev–Trinajstić information content (AvgIpc) is 2.59. The first-order valence-corrected chi connectivity index (χ1v) is 8.03. The highest BCUT2D eigenvalue weighted by atomic mass is 16.5. The normalized spacial score (nSPS) is 22.7. The van der Waals surface area contributed by atoms with Crippen LogP contribution in [0.4, 0.5) is 0 Å². The highest BCUT2D eigenvalue weighted by Gasteiger charge is 2.29. The molecule has 1 aliphatic rings. The lowest BCUT2D eigenvalue weighted by atomic mass is 10.0. The molecule has 0 radical (unpaired) electrons. The number of rotatable bonds is 4. The molecular weight excluding hydrogens is 290 g/mol. The van der Waals surface area contributed by atoms with Crippen molar-refractivity contribution in [3.8, 4) is 0 Å². The van der Waals surface area contributed by atoms with Gasteiger partial charge in [0.2, 0.25) is 5.91 Å². The molecule has 0 aromatic heterocycles. The summed E-state index contributed by atoms with van der Waals surface area (Å²) in [6, 6.07) is 13.8. The monoisotopic (exact) mass is 313 g/mol. The number of carbonyl (C=O) groups excluding carboxylic acids is 1. The molecule has 5 nitrogen and oxygen atoms in total. The van der Waals surface area contributed by atoms with Crippen LogP contribution in [0.5, 0.6) is 0 Å². The number of benzene rings is 2. The minimum absolute atomic E-state index is 0.0687. The smallest absolute Gasteiger partial charge is 0.240 e. The Hall–Kier alpha value is -1.95. The van der Waals surface area contributed by atoms with Crippen molar-refractivity contribution < 1.29 is 9.53 Å². The molecule has 2 aromatic rings. The van der Waals surface area contributed by atoms with Crippen molar-refractivity contribution >= 4 is 16.7 Å². The molecule has 1 fully saturated rings. The second-order valence-electron chi connectivity index (χ2n) is 5.91. The topological polar surface area (TPSA) is 76.4 Å². The Morgan fingerprint density at radius 2 is 2.13 bits per heavy atom. The second-order valence-corrected chi connectivity index (χ2v) is 5.91. The fourth-order valence-electron chi connectivity index (χ4n) is 2.99. The number of amides is 1. The molecule has 0 aliphatic carbocycles. The number of ether oxygens (including phenoxy) is 1. The molecule has 3 atom stereocenters. The van der Waals surface area contributed by atoms with E-state index in [0.29, 0.717) is 19.7 Å². The zero-order chi connectivity index (χ0) is 16.2. The summed E-state index contributed by atoms with van der Waals surface area (Å²) in [4.78, 5) is 12.5. The van der Waals surface area contributed by atoms with E-state index in [2.05, 4.69) is 34.9 Å². The van der Waals surface area contributed by atoms with Gasteiger partial charge in [0.15, 0.2) is 0 Å². The first-order valence-electron chi connectivity index (χ1n) is 8.03. The summed E-state index contributed by atoms with van der Waals surface area (Å²) in [6.07, 6.45) is -0.140. The minimum atomic E-state index is -0.335. The fraction of sp³-hybridized carbons (Fsp3) is 0.389. The third-order valence-electron chi connectivity index (χ3n) is 4.33. The summed E-state index contributed by atoms with van der Waals surface area (Å²) in [5.74, 6) is -0.0687. The lowest BCUT2D eigenvalue weighted by molar-refractivity contribution is -0.129. The van der Waals surface area contributed by atoms with E-state index < -0.39 is 0 Å². The maximum absolute atomic E-state index is 12.5. The van der Waals surface area contributed by atoms with E-state index >= 15 is 0 Å². The maximum Gasteiger partial charge on any atom is 0.240 e. The zero-order valence-corrected chi connectivity index (χ0v) is 13.3. The molecule has 1 aliphatic heterocycles. The van der Waals surface area contributed by atoms with Crippen LogP contribution in [0, 0.1) is 0 Å². The van der Waals surface area contributed by atoms with Crippen molar-refractivity contribution in [2.24, 2.45) is 5.73 Å². The maximum atomic E-state index is 12.5. The Balaban J connectivity index is 1.76. The van der Waals surface area contributed by atoms with Crippen LogP contribution in [-0.2, 0) is 9.53 Å². The van der Waals surface area contributed by atoms with Gasteiger partial charge in [-0.05, 0) is 29.3 Å². The number of hydrogen-bond acceptors (Lipinski definition) is 4. The molecular formula is C18H23N3O2. The Morgan fingerprint density at radius 3 is 2.87 bits per heavy atom. The Kier molecular flexibility index (Phi) is 4.91. The first-order chi connectivity index (χ1) is 11.2. The summed E-state index contributed by atoms with van der Waals surface area (Å²) in [7, 11) is 0. The van der Waals surface area contributed by atoms with Crippen LogP contribution in [0.25, 0.3) is 10.8 Å². The van der Waals surface area contributed by atoms with Gasteiger partial charge in [-0.15, -0.1) is 0 Å². The molecule has 1 unspecified atom stereocenters. The standard InChI is InChI=1S/C18H23N3O2/c1-12-17(20-8-9-23-12)18(22)21-16(11-19)15-7-6-13-4-2-3-5-14(13)10-15/h2-7,10,12,16-17,20H,8-9,11,19H2,1H3,(H,21,22)/t12-,16?,17+/m1/s1. The first kappa shape index (κ1) is 15.9. The van der Waals surface area contributed by atoms with Crippen molar-refractivity contribution in [3.05, 3.63) is 48.0 Å². The Labute approximate surface area is 136 Å². The molecule has 5 heteroatoms. The minimum Gasteiger partial charge on any atom is -0.375 e. The van der Waals surface area contributed by atoms with Crippen LogP contribution in [0.3, 0.4) is 0 Å². The van der Waals surface area contributed by atoms with Gasteiger partial charge in [0.1, 0.15) is 6.04 Å². The molecule has 0 saturated carbocycles. The highest BCUT2D eigenvalue weighted by molar-refractivity contribution is 5.85. The molecule has 1 amide bonds.